The number of ether oxygens (including phenoxy) is 1. The number of nitrogens with zero attached hydrogens (tertiary/aromatic N) is 2. The quantitative estimate of drug-likeness (QED) is 0.925. The number of rotatable bonds is 4. The summed E-state index contributed by atoms with van der Waals surface area (Å²) >= 11 is 0. The number of methoxy groups -OCH3 is 1. The topological polar surface area (TPSA) is 44.8 Å². The van der Waals surface area contributed by atoms with E-state index in [2.05, 4.69) is 23.2 Å². The van der Waals surface area contributed by atoms with Gasteiger partial charge in [-0.3, -0.25) is 0 Å². The van der Waals surface area contributed by atoms with Crippen molar-refractivity contribution in [2.75, 3.05) is 33.3 Å². The summed E-state index contributed by atoms with van der Waals surface area (Å²) < 4.78 is 5.30. The number of hydrogen-bond donors (Lipinski definition) is 1. The molecule has 0 bridgehead atoms. The first kappa shape index (κ1) is 15.2. The number of urea groups is 1. The van der Waals surface area contributed by atoms with Crippen molar-refractivity contribution < 1.29 is 9.53 Å². The van der Waals surface area contributed by atoms with Gasteiger partial charge in [-0.1, -0.05) is 6.07 Å². The Morgan fingerprint density at radius 3 is 2.77 bits per heavy atom. The standard InChI is InChI=1S/C17H25N3O2/c1-13-3-4-16(22-2)11-14(13)12-19-9-10-20(17(19)21)15-5-7-18-8-6-15/h3-4,11,15,18H,5-10,12H2,1-2H3. The van der Waals surface area contributed by atoms with Crippen LogP contribution in [0.2, 0.25) is 0 Å². The maximum Gasteiger partial charge on any atom is 0.320 e. The third-order valence-electron chi connectivity index (χ3n) is 4.79. The summed E-state index contributed by atoms with van der Waals surface area (Å²) in [5.41, 5.74) is 2.37. The van der Waals surface area contributed by atoms with Crippen molar-refractivity contribution in [2.45, 2.75) is 32.4 Å². The van der Waals surface area contributed by atoms with Crippen molar-refractivity contribution in [1.82, 2.24) is 15.1 Å². The number of piperidine rings is 1. The highest BCUT2D eigenvalue weighted by atomic mass is 16.5. The Labute approximate surface area is 132 Å². The van der Waals surface area contributed by atoms with Crippen molar-refractivity contribution in [3.05, 3.63) is 29.3 Å². The molecule has 0 atom stereocenters. The molecule has 1 N–H and O–H groups in total. The SMILES string of the molecule is COc1ccc(C)c(CN2CCN(C3CCNCC3)C2=O)c1. The number of carbonyl (C=O) groups is 1. The molecule has 22 heavy (non-hydrogen) atoms. The largest absolute Gasteiger partial charge is 0.497 e. The van der Waals surface area contributed by atoms with Crippen LogP contribution < -0.4 is 10.1 Å². The highest BCUT2D eigenvalue weighted by molar-refractivity contribution is 5.77. The van der Waals surface area contributed by atoms with Crippen LogP contribution in [0, 0.1) is 6.92 Å². The second-order valence-electron chi connectivity index (χ2n) is 6.17. The van der Waals surface area contributed by atoms with Crippen LogP contribution in [0.25, 0.3) is 0 Å². The molecular formula is C17H25N3O2. The van der Waals surface area contributed by atoms with E-state index in [1.165, 1.54) is 11.1 Å². The summed E-state index contributed by atoms with van der Waals surface area (Å²) in [6.45, 7) is 6.46. The Kier molecular flexibility index (Phi) is 4.52. The molecule has 2 aliphatic rings. The lowest BCUT2D eigenvalue weighted by atomic mass is 10.1. The smallest absolute Gasteiger partial charge is 0.320 e. The molecule has 2 amide bonds. The maximum atomic E-state index is 12.7. The number of hydrogen-bond acceptors (Lipinski definition) is 3. The molecule has 0 spiro atoms. The fourth-order valence-electron chi connectivity index (χ4n) is 3.36. The van der Waals surface area contributed by atoms with Gasteiger partial charge in [0.25, 0.3) is 0 Å². The molecule has 1 aromatic carbocycles. The highest BCUT2D eigenvalue weighted by Gasteiger charge is 2.34. The van der Waals surface area contributed by atoms with E-state index in [-0.39, 0.29) is 6.03 Å². The molecule has 5 nitrogen and oxygen atoms in total. The third-order valence-corrected chi connectivity index (χ3v) is 4.79. The molecule has 0 aliphatic carbocycles. The molecule has 2 saturated heterocycles. The Bertz CT molecular complexity index is 541. The molecule has 0 radical (unpaired) electrons. The van der Waals surface area contributed by atoms with Gasteiger partial charge in [-0.25, -0.2) is 4.79 Å². The molecular weight excluding hydrogens is 278 g/mol. The van der Waals surface area contributed by atoms with Crippen molar-refractivity contribution in [3.63, 3.8) is 0 Å². The average Bonchev–Trinajstić information content (AvgIpc) is 2.91. The van der Waals surface area contributed by atoms with Crippen molar-refractivity contribution in [3.8, 4) is 5.75 Å². The Balaban J connectivity index is 1.67. The van der Waals surface area contributed by atoms with Gasteiger partial charge in [-0.15, -0.1) is 0 Å². The van der Waals surface area contributed by atoms with Crippen molar-refractivity contribution >= 4 is 6.03 Å². The second kappa shape index (κ2) is 6.57. The van der Waals surface area contributed by atoms with Crippen LogP contribution in [0.5, 0.6) is 5.75 Å². The van der Waals surface area contributed by atoms with Gasteiger partial charge in [0.15, 0.2) is 0 Å². The monoisotopic (exact) mass is 303 g/mol. The minimum atomic E-state index is 0.189. The molecule has 0 saturated carbocycles. The third kappa shape index (κ3) is 3.04. The predicted molar refractivity (Wildman–Crippen MR) is 86.1 cm³/mol. The highest BCUT2D eigenvalue weighted by Crippen LogP contribution is 2.23. The molecule has 5 heteroatoms. The second-order valence-corrected chi connectivity index (χ2v) is 6.17. The van der Waals surface area contributed by atoms with E-state index < -0.39 is 0 Å². The van der Waals surface area contributed by atoms with Crippen LogP contribution in [-0.2, 0) is 6.54 Å². The lowest BCUT2D eigenvalue weighted by molar-refractivity contribution is 0.164. The van der Waals surface area contributed by atoms with Crippen LogP contribution in [0.1, 0.15) is 24.0 Å². The van der Waals surface area contributed by atoms with Crippen molar-refractivity contribution in [1.29, 1.82) is 0 Å². The normalized spacial score (nSPS) is 19.8. The van der Waals surface area contributed by atoms with Crippen LogP contribution in [0.3, 0.4) is 0 Å². The van der Waals surface area contributed by atoms with Crippen LogP contribution in [0.15, 0.2) is 18.2 Å². The van der Waals surface area contributed by atoms with Crippen LogP contribution in [0.4, 0.5) is 4.79 Å². The van der Waals surface area contributed by atoms with E-state index in [4.69, 9.17) is 4.74 Å². The van der Waals surface area contributed by atoms with E-state index >= 15 is 0 Å². The lowest BCUT2D eigenvalue weighted by Crippen LogP contribution is -2.45. The number of carbonyl (C=O) groups excluding carboxylic acids is 1. The van der Waals surface area contributed by atoms with E-state index in [1.54, 1.807) is 7.11 Å². The fraction of sp³-hybridized carbons (Fsp3) is 0.588. The summed E-state index contributed by atoms with van der Waals surface area (Å²) in [5, 5.41) is 3.36. The Hall–Kier alpha value is -1.75. The van der Waals surface area contributed by atoms with Gasteiger partial charge >= 0.3 is 6.03 Å². The molecule has 0 aromatic heterocycles. The summed E-state index contributed by atoms with van der Waals surface area (Å²) in [6.07, 6.45) is 2.13. The fourth-order valence-corrected chi connectivity index (χ4v) is 3.36. The number of aryl methyl sites for hydroxylation is 1. The molecule has 3 rings (SSSR count). The van der Waals surface area contributed by atoms with Crippen molar-refractivity contribution in [2.24, 2.45) is 0 Å². The first-order valence-corrected chi connectivity index (χ1v) is 8.09. The molecule has 2 heterocycles. The zero-order chi connectivity index (χ0) is 15.5. The zero-order valence-corrected chi connectivity index (χ0v) is 13.5. The minimum absolute atomic E-state index is 0.189. The van der Waals surface area contributed by atoms with Gasteiger partial charge in [0.2, 0.25) is 0 Å². The number of benzene rings is 1. The van der Waals surface area contributed by atoms with Gasteiger partial charge in [0, 0.05) is 25.7 Å². The molecule has 120 valence electrons. The van der Waals surface area contributed by atoms with E-state index in [9.17, 15) is 4.79 Å². The predicted octanol–water partition coefficient (Wildman–Crippen LogP) is 1.99. The summed E-state index contributed by atoms with van der Waals surface area (Å²) in [4.78, 5) is 16.7. The zero-order valence-electron chi connectivity index (χ0n) is 13.5. The van der Waals surface area contributed by atoms with Gasteiger partial charge in [0.1, 0.15) is 5.75 Å². The molecule has 1 aromatic rings. The van der Waals surface area contributed by atoms with Crippen LogP contribution in [-0.4, -0.2) is 55.2 Å². The van der Waals surface area contributed by atoms with Gasteiger partial charge < -0.3 is 19.9 Å². The van der Waals surface area contributed by atoms with Crippen LogP contribution >= 0.6 is 0 Å². The Morgan fingerprint density at radius 1 is 1.27 bits per heavy atom. The van der Waals surface area contributed by atoms with E-state index in [1.807, 2.05) is 17.0 Å². The minimum Gasteiger partial charge on any atom is -0.497 e. The molecule has 2 fully saturated rings. The summed E-state index contributed by atoms with van der Waals surface area (Å²) in [5.74, 6) is 0.849. The van der Waals surface area contributed by atoms with Gasteiger partial charge in [-0.2, -0.15) is 0 Å². The van der Waals surface area contributed by atoms with E-state index in [0.29, 0.717) is 12.6 Å². The Morgan fingerprint density at radius 2 is 2.05 bits per heavy atom. The lowest BCUT2D eigenvalue weighted by Gasteiger charge is -2.31. The van der Waals surface area contributed by atoms with E-state index in [0.717, 1.165) is 44.8 Å². The van der Waals surface area contributed by atoms with Gasteiger partial charge in [-0.05, 0) is 56.1 Å². The first-order chi connectivity index (χ1) is 10.7. The number of amides is 2. The van der Waals surface area contributed by atoms with Gasteiger partial charge in [0.05, 0.1) is 7.11 Å². The molecule has 2 aliphatic heterocycles. The number of nitrogens with one attached hydrogen (secondary N) is 1. The average molecular weight is 303 g/mol. The maximum absolute atomic E-state index is 12.7. The summed E-state index contributed by atoms with van der Waals surface area (Å²) in [6, 6.07) is 6.65. The first-order valence-electron chi connectivity index (χ1n) is 8.09. The molecule has 0 unspecified atom stereocenters. The summed E-state index contributed by atoms with van der Waals surface area (Å²) in [7, 11) is 1.67.